The van der Waals surface area contributed by atoms with Gasteiger partial charge in [-0.3, -0.25) is 14.5 Å². The van der Waals surface area contributed by atoms with Crippen molar-refractivity contribution in [3.05, 3.63) is 17.6 Å². The lowest BCUT2D eigenvalue weighted by atomic mass is 9.77. The number of urea groups is 1. The average Bonchev–Trinajstić information content (AvgIpc) is 3.66. The van der Waals surface area contributed by atoms with Crippen LogP contribution in [0.25, 0.3) is 0 Å². The number of ether oxygens (including phenoxy) is 6. The molecular formula is C48H83F3N4O16. The van der Waals surface area contributed by atoms with Gasteiger partial charge in [0.05, 0.1) is 47.2 Å². The van der Waals surface area contributed by atoms with Gasteiger partial charge in [-0.25, -0.2) is 4.79 Å². The summed E-state index contributed by atoms with van der Waals surface area (Å²) in [4.78, 5) is 39.4. The minimum absolute atomic E-state index is 0.00418. The fourth-order valence-corrected chi connectivity index (χ4v) is 10.4. The number of aryl methyl sites for hydroxylation is 1. The number of furan rings is 1. The first-order chi connectivity index (χ1) is 32.8. The van der Waals surface area contributed by atoms with E-state index in [0.717, 1.165) is 6.07 Å². The van der Waals surface area contributed by atoms with Gasteiger partial charge in [-0.15, -0.1) is 0 Å². The van der Waals surface area contributed by atoms with Crippen molar-refractivity contribution in [2.75, 3.05) is 46.2 Å². The average molecular weight is 1030 g/mol. The maximum atomic E-state index is 14.5. The molecule has 0 bridgehead atoms. The van der Waals surface area contributed by atoms with Crippen molar-refractivity contribution in [1.29, 1.82) is 0 Å². The van der Waals surface area contributed by atoms with Crippen LogP contribution in [0.2, 0.25) is 0 Å². The quantitative estimate of drug-likeness (QED) is 0.0832. The Balaban J connectivity index is 0.00000432. The SMILES string of the molecule is CC[C@H]1OC(=O)[C@H](C)[C@@H](O[C@H]2C[C@@](C)(OC)[C@@H](O)[C@H](C)O2)[C@H](C)[C@@H](O[C@@H]2O[C@H](C)C[C@H](N(C)C)[C@H]2O)[C@](C)(O)C[C@@H](C)CN(CCCNC(=O)Nc2cc(C)oc2C(F)(F)F)[C@H](C)[C@@H](O)[C@]1(C)O.O=CO. The van der Waals surface area contributed by atoms with Gasteiger partial charge in [0.25, 0.3) is 6.47 Å². The highest BCUT2D eigenvalue weighted by Crippen LogP contribution is 2.41. The van der Waals surface area contributed by atoms with Gasteiger partial charge in [-0.1, -0.05) is 20.8 Å². The number of hydrogen-bond acceptors (Lipinski definition) is 17. The molecule has 20 nitrogen and oxygen atoms in total. The monoisotopic (exact) mass is 1030 g/mol. The minimum Gasteiger partial charge on any atom is -0.483 e. The highest BCUT2D eigenvalue weighted by atomic mass is 19.4. The zero-order chi connectivity index (χ0) is 54.1. The molecule has 0 radical (unpaired) electrons. The van der Waals surface area contributed by atoms with Crippen molar-refractivity contribution in [3.8, 4) is 0 Å². The number of likely N-dealkylation sites (N-methyl/N-ethyl adjacent to an activating group) is 1. The Morgan fingerprint density at radius 2 is 1.63 bits per heavy atom. The number of carbonyl (C=O) groups is 3. The number of esters is 1. The van der Waals surface area contributed by atoms with Crippen LogP contribution in [0.1, 0.15) is 113 Å². The second-order valence-electron chi connectivity index (χ2n) is 20.7. The molecule has 0 spiro atoms. The third kappa shape index (κ3) is 15.9. The van der Waals surface area contributed by atoms with Crippen LogP contribution in [-0.4, -0.2) is 190 Å². The smallest absolute Gasteiger partial charge is 0.451 e. The van der Waals surface area contributed by atoms with Crippen molar-refractivity contribution < 1.29 is 91.0 Å². The number of hydrogen-bond donors (Lipinski definition) is 8. The summed E-state index contributed by atoms with van der Waals surface area (Å²) in [6.07, 6.45) is -14.5. The number of nitrogens with one attached hydrogen (secondary N) is 2. The van der Waals surface area contributed by atoms with Crippen molar-refractivity contribution in [1.82, 2.24) is 15.1 Å². The number of carbonyl (C=O) groups excluding carboxylic acids is 2. The van der Waals surface area contributed by atoms with E-state index in [-0.39, 0.29) is 75.6 Å². The lowest BCUT2D eigenvalue weighted by Crippen LogP contribution is -2.60. The minimum atomic E-state index is -4.83. The van der Waals surface area contributed by atoms with Crippen LogP contribution in [0.5, 0.6) is 0 Å². The number of alkyl halides is 3. The summed E-state index contributed by atoms with van der Waals surface area (Å²) in [5, 5.41) is 71.3. The fraction of sp³-hybridized carbons (Fsp3) is 0.854. The molecule has 3 fully saturated rings. The maximum absolute atomic E-state index is 14.5. The lowest BCUT2D eigenvalue weighted by molar-refractivity contribution is -0.318. The Hall–Kier alpha value is -3.20. The van der Waals surface area contributed by atoms with Crippen LogP contribution >= 0.6 is 0 Å². The van der Waals surface area contributed by atoms with Gasteiger partial charge in [0.1, 0.15) is 35.8 Å². The van der Waals surface area contributed by atoms with Gasteiger partial charge >= 0.3 is 18.2 Å². The van der Waals surface area contributed by atoms with Crippen molar-refractivity contribution >= 4 is 24.2 Å². The third-order valence-electron chi connectivity index (χ3n) is 14.3. The van der Waals surface area contributed by atoms with E-state index in [4.69, 9.17) is 42.7 Å². The molecule has 4 heterocycles. The summed E-state index contributed by atoms with van der Waals surface area (Å²) in [6.45, 7) is 18.3. The van der Waals surface area contributed by atoms with E-state index in [2.05, 4.69) is 10.6 Å². The van der Waals surface area contributed by atoms with E-state index in [1.54, 1.807) is 48.5 Å². The molecule has 1 aromatic rings. The standard InChI is InChI=1S/C47H81F3N4O14.CH2O2/c1-15-33-46(11,61)37(56)29(7)54(18-16-17-51-43(59)52-31-19-25(3)63-40(31)47(48,49)50)23-24(2)21-44(9,60)39(68-42-35(55)32(53(12)13)20-26(4)64-42)27(5)36(28(6)41(58)66-33)67-34-22-45(10,62-14)38(57)30(8)65-34;2-1-3/h19,24,26-30,32-39,42,55-57,60-61H,15-18,20-23H2,1-14H3,(H2,51,52,59);1H,(H,2,3)/t24-,26-,27+,28-,29-,30+,32+,33-,34+,35-,36+,37-,38+,39-,42+,44-,45-,46-;/m1./s1. The predicted molar refractivity (Wildman–Crippen MR) is 252 cm³/mol. The number of carboxylic acid groups (broad SMARTS) is 1. The molecule has 3 saturated heterocycles. The van der Waals surface area contributed by atoms with Crippen molar-refractivity contribution in [3.63, 3.8) is 0 Å². The molecule has 71 heavy (non-hydrogen) atoms. The highest BCUT2D eigenvalue weighted by molar-refractivity contribution is 5.90. The first-order valence-electron chi connectivity index (χ1n) is 24.4. The van der Waals surface area contributed by atoms with Gasteiger partial charge in [0.2, 0.25) is 5.76 Å². The van der Waals surface area contributed by atoms with Crippen molar-refractivity contribution in [2.45, 2.75) is 205 Å². The van der Waals surface area contributed by atoms with E-state index in [1.165, 1.54) is 21.0 Å². The number of halogens is 3. The number of rotatable bonds is 12. The van der Waals surface area contributed by atoms with E-state index in [1.807, 2.05) is 37.7 Å². The molecular weight excluding hydrogens is 946 g/mol. The van der Waals surface area contributed by atoms with Crippen LogP contribution < -0.4 is 10.6 Å². The molecule has 8 N–H and O–H groups in total. The summed E-state index contributed by atoms with van der Waals surface area (Å²) in [6, 6.07) is -1.01. The molecule has 0 unspecified atom stereocenters. The first kappa shape index (κ1) is 62.1. The summed E-state index contributed by atoms with van der Waals surface area (Å²) in [5.74, 6) is -4.56. The molecule has 1 aromatic heterocycles. The Labute approximate surface area is 415 Å². The molecule has 3 aliphatic heterocycles. The van der Waals surface area contributed by atoms with Gasteiger partial charge in [-0.2, -0.15) is 13.2 Å². The lowest BCUT2D eigenvalue weighted by Gasteiger charge is -2.48. The number of aliphatic hydroxyl groups is 5. The third-order valence-corrected chi connectivity index (χ3v) is 14.3. The van der Waals surface area contributed by atoms with Gasteiger partial charge < -0.3 is 79.0 Å². The number of aliphatic hydroxyl groups excluding tert-OH is 3. The van der Waals surface area contributed by atoms with Crippen LogP contribution in [0.3, 0.4) is 0 Å². The Bertz CT molecular complexity index is 1840. The normalized spacial score (nSPS) is 39.3. The number of methoxy groups -OCH3 is 1. The van der Waals surface area contributed by atoms with Gasteiger partial charge in [0, 0.05) is 57.2 Å². The second-order valence-corrected chi connectivity index (χ2v) is 20.7. The molecule has 0 saturated carbocycles. The predicted octanol–water partition coefficient (Wildman–Crippen LogP) is 4.10. The fourth-order valence-electron chi connectivity index (χ4n) is 10.4. The molecule has 0 aromatic carbocycles. The summed E-state index contributed by atoms with van der Waals surface area (Å²) < 4.78 is 83.1. The summed E-state index contributed by atoms with van der Waals surface area (Å²) in [5.41, 5.74) is -5.40. The molecule has 3 aliphatic rings. The Kier molecular flexibility index (Phi) is 22.6. The molecule has 2 amide bonds. The van der Waals surface area contributed by atoms with Crippen LogP contribution in [0.15, 0.2) is 10.5 Å². The zero-order valence-electron chi connectivity index (χ0n) is 43.8. The van der Waals surface area contributed by atoms with Gasteiger partial charge in [0.15, 0.2) is 12.6 Å². The topological polar surface area (TPSA) is 272 Å². The van der Waals surface area contributed by atoms with E-state index >= 15 is 0 Å². The molecule has 18 atom stereocenters. The number of amides is 2. The van der Waals surface area contributed by atoms with E-state index < -0.39 is 120 Å². The maximum Gasteiger partial charge on any atom is 0.451 e. The number of cyclic esters (lactones) is 1. The van der Waals surface area contributed by atoms with Gasteiger partial charge in [-0.05, 0) is 101 Å². The zero-order valence-corrected chi connectivity index (χ0v) is 43.8. The number of nitrogens with zero attached hydrogens (tertiary/aromatic N) is 2. The van der Waals surface area contributed by atoms with Crippen molar-refractivity contribution in [2.24, 2.45) is 17.8 Å². The highest BCUT2D eigenvalue weighted by Gasteiger charge is 2.53. The summed E-state index contributed by atoms with van der Waals surface area (Å²) >= 11 is 0. The molecule has 4 rings (SSSR count). The van der Waals surface area contributed by atoms with E-state index in [9.17, 15) is 48.3 Å². The molecule has 0 aliphatic carbocycles. The van der Waals surface area contributed by atoms with Crippen LogP contribution in [0.4, 0.5) is 23.7 Å². The Morgan fingerprint density at radius 3 is 2.20 bits per heavy atom. The second kappa shape index (κ2) is 25.8. The number of anilines is 1. The first-order valence-corrected chi connectivity index (χ1v) is 24.4. The molecule has 412 valence electrons. The largest absolute Gasteiger partial charge is 0.483 e. The van der Waals surface area contributed by atoms with E-state index in [0.29, 0.717) is 6.42 Å². The summed E-state index contributed by atoms with van der Waals surface area (Å²) in [7, 11) is 5.15. The van der Waals surface area contributed by atoms with Crippen LogP contribution in [0, 0.1) is 24.7 Å². The molecule has 23 heteroatoms. The Morgan fingerprint density at radius 1 is 1.01 bits per heavy atom. The van der Waals surface area contributed by atoms with Crippen LogP contribution in [-0.2, 0) is 44.2 Å².